The maximum absolute atomic E-state index is 11.8. The van der Waals surface area contributed by atoms with Crippen molar-refractivity contribution in [1.82, 2.24) is 10.6 Å². The topological polar surface area (TPSA) is 87.7 Å². The van der Waals surface area contributed by atoms with E-state index in [4.69, 9.17) is 9.84 Å². The molecular weight excluding hydrogens is 248 g/mol. The van der Waals surface area contributed by atoms with Crippen molar-refractivity contribution in [2.45, 2.75) is 45.7 Å². The molecule has 1 saturated heterocycles. The number of rotatable bonds is 5. The Kier molecular flexibility index (Phi) is 6.08. The first-order chi connectivity index (χ1) is 8.91. The normalized spacial score (nSPS) is 19.8. The van der Waals surface area contributed by atoms with E-state index < -0.39 is 18.0 Å². The number of carbonyl (C=O) groups excluding carboxylic acids is 1. The number of urea groups is 1. The average Bonchev–Trinajstić information content (AvgIpc) is 2.36. The molecule has 1 rings (SSSR count). The van der Waals surface area contributed by atoms with Crippen molar-refractivity contribution in [3.63, 3.8) is 0 Å². The minimum atomic E-state index is -1.01. The van der Waals surface area contributed by atoms with Gasteiger partial charge in [-0.15, -0.1) is 0 Å². The van der Waals surface area contributed by atoms with Crippen molar-refractivity contribution in [3.05, 3.63) is 0 Å². The molecule has 0 saturated carbocycles. The number of carboxylic acids is 1. The smallest absolute Gasteiger partial charge is 0.326 e. The van der Waals surface area contributed by atoms with Crippen LogP contribution in [-0.2, 0) is 9.53 Å². The van der Waals surface area contributed by atoms with Crippen LogP contribution in [0.3, 0.4) is 0 Å². The Morgan fingerprint density at radius 3 is 2.21 bits per heavy atom. The van der Waals surface area contributed by atoms with Gasteiger partial charge in [0.05, 0.1) is 0 Å². The average molecular weight is 272 g/mol. The Morgan fingerprint density at radius 2 is 1.74 bits per heavy atom. The predicted octanol–water partition coefficient (Wildman–Crippen LogP) is 1.21. The third kappa shape index (κ3) is 5.06. The minimum absolute atomic E-state index is 0.0190. The summed E-state index contributed by atoms with van der Waals surface area (Å²) in [6.07, 6.45) is 1.85. The summed E-state index contributed by atoms with van der Waals surface area (Å²) in [7, 11) is 0. The number of nitrogens with one attached hydrogen (secondary N) is 2. The van der Waals surface area contributed by atoms with Crippen molar-refractivity contribution in [3.8, 4) is 0 Å². The van der Waals surface area contributed by atoms with Crippen molar-refractivity contribution < 1.29 is 19.4 Å². The quantitative estimate of drug-likeness (QED) is 0.702. The van der Waals surface area contributed by atoms with Crippen LogP contribution in [0.5, 0.6) is 0 Å². The second-order valence-electron chi connectivity index (χ2n) is 5.42. The van der Waals surface area contributed by atoms with Crippen molar-refractivity contribution in [1.29, 1.82) is 0 Å². The van der Waals surface area contributed by atoms with E-state index in [1.54, 1.807) is 13.8 Å². The van der Waals surface area contributed by atoms with Gasteiger partial charge in [-0.2, -0.15) is 0 Å². The molecule has 0 bridgehead atoms. The zero-order valence-electron chi connectivity index (χ0n) is 11.8. The highest BCUT2D eigenvalue weighted by Crippen LogP contribution is 2.18. The van der Waals surface area contributed by atoms with Crippen LogP contribution < -0.4 is 10.6 Å². The fourth-order valence-corrected chi connectivity index (χ4v) is 2.24. The second-order valence-corrected chi connectivity index (χ2v) is 5.42. The number of carboxylic acid groups (broad SMARTS) is 1. The number of hydrogen-bond donors (Lipinski definition) is 3. The van der Waals surface area contributed by atoms with Gasteiger partial charge in [0.2, 0.25) is 0 Å². The fraction of sp³-hybridized carbons (Fsp3) is 0.846. The Hall–Kier alpha value is -1.30. The zero-order valence-corrected chi connectivity index (χ0v) is 11.8. The van der Waals surface area contributed by atoms with Crippen LogP contribution in [0.15, 0.2) is 0 Å². The Labute approximate surface area is 113 Å². The largest absolute Gasteiger partial charge is 0.480 e. The van der Waals surface area contributed by atoms with Gasteiger partial charge < -0.3 is 20.5 Å². The summed E-state index contributed by atoms with van der Waals surface area (Å²) in [5, 5.41) is 14.3. The lowest BCUT2D eigenvalue weighted by atomic mass is 9.93. The summed E-state index contributed by atoms with van der Waals surface area (Å²) < 4.78 is 5.28. The van der Waals surface area contributed by atoms with Gasteiger partial charge >= 0.3 is 12.0 Å². The van der Waals surface area contributed by atoms with Gasteiger partial charge in [0.15, 0.2) is 0 Å². The molecule has 3 N–H and O–H groups in total. The van der Waals surface area contributed by atoms with E-state index in [1.165, 1.54) is 0 Å². The van der Waals surface area contributed by atoms with E-state index in [1.807, 2.05) is 6.92 Å². The summed E-state index contributed by atoms with van der Waals surface area (Å²) >= 11 is 0. The number of ether oxygens (including phenoxy) is 1. The van der Waals surface area contributed by atoms with Crippen LogP contribution in [0.2, 0.25) is 0 Å². The Morgan fingerprint density at radius 1 is 1.16 bits per heavy atom. The zero-order chi connectivity index (χ0) is 14.4. The Balaban J connectivity index is 2.42. The molecule has 0 spiro atoms. The number of amides is 2. The first kappa shape index (κ1) is 15.8. The molecule has 110 valence electrons. The lowest BCUT2D eigenvalue weighted by molar-refractivity contribution is -0.140. The molecule has 2 unspecified atom stereocenters. The molecule has 0 aromatic heterocycles. The van der Waals surface area contributed by atoms with E-state index in [0.717, 1.165) is 26.1 Å². The first-order valence-corrected chi connectivity index (χ1v) is 6.79. The number of aliphatic carboxylic acids is 1. The molecule has 2 atom stereocenters. The van der Waals surface area contributed by atoms with E-state index in [2.05, 4.69) is 10.6 Å². The summed E-state index contributed by atoms with van der Waals surface area (Å²) in [4.78, 5) is 22.8. The van der Waals surface area contributed by atoms with E-state index in [0.29, 0.717) is 5.92 Å². The van der Waals surface area contributed by atoms with Crippen LogP contribution in [-0.4, -0.2) is 42.4 Å². The van der Waals surface area contributed by atoms with Gasteiger partial charge in [-0.25, -0.2) is 9.59 Å². The lowest BCUT2D eigenvalue weighted by Gasteiger charge is -2.29. The highest BCUT2D eigenvalue weighted by molar-refractivity contribution is 5.82. The SMILES string of the molecule is CC(C)C(NC(=O)NC(C)C1CCOCC1)C(=O)O. The molecule has 0 aromatic rings. The predicted molar refractivity (Wildman–Crippen MR) is 70.9 cm³/mol. The van der Waals surface area contributed by atoms with Gasteiger partial charge in [0, 0.05) is 19.3 Å². The van der Waals surface area contributed by atoms with E-state index >= 15 is 0 Å². The number of carbonyl (C=O) groups is 2. The van der Waals surface area contributed by atoms with Crippen molar-refractivity contribution in [2.24, 2.45) is 11.8 Å². The fourth-order valence-electron chi connectivity index (χ4n) is 2.24. The highest BCUT2D eigenvalue weighted by atomic mass is 16.5. The van der Waals surface area contributed by atoms with Crippen LogP contribution in [0.25, 0.3) is 0 Å². The standard InChI is InChI=1S/C13H24N2O4/c1-8(2)11(12(16)17)15-13(18)14-9(3)10-4-6-19-7-5-10/h8-11H,4-7H2,1-3H3,(H,16,17)(H2,14,15,18). The molecule has 0 aromatic carbocycles. The molecular formula is C13H24N2O4. The molecule has 1 aliphatic heterocycles. The lowest BCUT2D eigenvalue weighted by Crippen LogP contribution is -2.52. The van der Waals surface area contributed by atoms with E-state index in [9.17, 15) is 9.59 Å². The summed E-state index contributed by atoms with van der Waals surface area (Å²) in [5.74, 6) is -0.771. The van der Waals surface area contributed by atoms with Gasteiger partial charge in [-0.05, 0) is 31.6 Å². The molecule has 19 heavy (non-hydrogen) atoms. The van der Waals surface area contributed by atoms with Gasteiger partial charge in [0.25, 0.3) is 0 Å². The highest BCUT2D eigenvalue weighted by Gasteiger charge is 2.26. The summed E-state index contributed by atoms with van der Waals surface area (Å²) in [6.45, 7) is 6.92. The Bertz CT molecular complexity index is 314. The molecule has 1 fully saturated rings. The van der Waals surface area contributed by atoms with Gasteiger partial charge in [-0.3, -0.25) is 0 Å². The molecule has 6 heteroatoms. The van der Waals surface area contributed by atoms with Crippen LogP contribution in [0.4, 0.5) is 4.79 Å². The van der Waals surface area contributed by atoms with Crippen LogP contribution in [0.1, 0.15) is 33.6 Å². The molecule has 0 radical (unpaired) electrons. The van der Waals surface area contributed by atoms with Gasteiger partial charge in [0.1, 0.15) is 6.04 Å². The minimum Gasteiger partial charge on any atom is -0.480 e. The molecule has 2 amide bonds. The molecule has 6 nitrogen and oxygen atoms in total. The summed E-state index contributed by atoms with van der Waals surface area (Å²) in [5.41, 5.74) is 0. The van der Waals surface area contributed by atoms with Crippen molar-refractivity contribution in [2.75, 3.05) is 13.2 Å². The molecule has 1 heterocycles. The van der Waals surface area contributed by atoms with E-state index in [-0.39, 0.29) is 12.0 Å². The molecule has 1 aliphatic rings. The second kappa shape index (κ2) is 7.33. The van der Waals surface area contributed by atoms with Crippen molar-refractivity contribution >= 4 is 12.0 Å². The van der Waals surface area contributed by atoms with Gasteiger partial charge in [-0.1, -0.05) is 13.8 Å². The maximum Gasteiger partial charge on any atom is 0.326 e. The first-order valence-electron chi connectivity index (χ1n) is 6.79. The summed E-state index contributed by atoms with van der Waals surface area (Å²) in [6, 6.07) is -1.26. The monoisotopic (exact) mass is 272 g/mol. The number of hydrogen-bond acceptors (Lipinski definition) is 3. The third-order valence-electron chi connectivity index (χ3n) is 3.55. The molecule has 0 aliphatic carbocycles. The maximum atomic E-state index is 11.8. The third-order valence-corrected chi connectivity index (χ3v) is 3.55. The van der Waals surface area contributed by atoms with Crippen LogP contribution in [0, 0.1) is 11.8 Å². The van der Waals surface area contributed by atoms with Crippen LogP contribution >= 0.6 is 0 Å².